The Morgan fingerprint density at radius 3 is 1.37 bits per heavy atom. The van der Waals surface area contributed by atoms with Gasteiger partial charge in [-0.1, -0.05) is 72.1 Å². The van der Waals surface area contributed by atoms with Gasteiger partial charge >= 0.3 is 11.9 Å². The minimum Gasteiger partial charge on any atom is -0.481 e. The molecule has 0 radical (unpaired) electrons. The monoisotopic (exact) mass is 424 g/mol. The van der Waals surface area contributed by atoms with E-state index < -0.39 is 29.2 Å². The molecule has 2 atom stereocenters. The highest BCUT2D eigenvalue weighted by Gasteiger charge is 2.37. The van der Waals surface area contributed by atoms with E-state index >= 15 is 0 Å². The number of rotatable bonds is 11. The van der Waals surface area contributed by atoms with E-state index in [9.17, 15) is 24.9 Å². The average Bonchev–Trinajstić information content (AvgIpc) is 2.70. The Bertz CT molecular complexity index is 500. The van der Waals surface area contributed by atoms with Crippen LogP contribution >= 0.6 is 0 Å². The van der Waals surface area contributed by atoms with E-state index in [-0.39, 0.29) is 6.61 Å². The second-order valence-corrected chi connectivity index (χ2v) is 11.2. The predicted molar refractivity (Wildman–Crippen MR) is 118 cm³/mol. The number of aliphatic hydroxyl groups excluding tert-OH is 1. The summed E-state index contributed by atoms with van der Waals surface area (Å²) in [5.41, 5.74) is -0.671. The van der Waals surface area contributed by atoms with Gasteiger partial charge in [-0.3, -0.25) is 9.59 Å². The maximum Gasteiger partial charge on any atom is 0.306 e. The molecule has 2 saturated carbocycles. The van der Waals surface area contributed by atoms with Gasteiger partial charge in [-0.25, -0.2) is 0 Å². The third kappa shape index (κ3) is 7.86. The van der Waals surface area contributed by atoms with Crippen molar-refractivity contribution in [2.24, 2.45) is 40.9 Å². The van der Waals surface area contributed by atoms with Crippen LogP contribution in [0.25, 0.3) is 0 Å². The summed E-state index contributed by atoms with van der Waals surface area (Å²) < 4.78 is 0. The lowest BCUT2D eigenvalue weighted by molar-refractivity contribution is -0.145. The third-order valence-corrected chi connectivity index (χ3v) is 8.07. The lowest BCUT2D eigenvalue weighted by Gasteiger charge is -2.36. The van der Waals surface area contributed by atoms with Crippen LogP contribution in [-0.4, -0.2) is 33.9 Å². The van der Waals surface area contributed by atoms with Crippen LogP contribution in [0, 0.1) is 40.9 Å². The van der Waals surface area contributed by atoms with Gasteiger partial charge in [0.15, 0.2) is 0 Å². The molecular weight excluding hydrogens is 380 g/mol. The van der Waals surface area contributed by atoms with Crippen LogP contribution in [0.5, 0.6) is 0 Å². The number of carboxylic acid groups (broad SMARTS) is 2. The first-order valence-electron chi connectivity index (χ1n) is 12.2. The highest BCUT2D eigenvalue weighted by Crippen LogP contribution is 2.41. The molecule has 0 amide bonds. The van der Waals surface area contributed by atoms with E-state index in [1.165, 1.54) is 0 Å². The molecule has 30 heavy (non-hydrogen) atoms. The van der Waals surface area contributed by atoms with Gasteiger partial charge in [0.05, 0.1) is 11.8 Å². The molecule has 0 aromatic rings. The zero-order valence-corrected chi connectivity index (χ0v) is 19.3. The maximum absolute atomic E-state index is 12.0. The number of hydrogen-bond donors (Lipinski definition) is 3. The van der Waals surface area contributed by atoms with Crippen LogP contribution in [0.1, 0.15) is 97.8 Å². The molecule has 0 aliphatic heterocycles. The molecule has 0 spiro atoms. The van der Waals surface area contributed by atoms with Gasteiger partial charge in [-0.15, -0.1) is 0 Å². The molecule has 5 heteroatoms. The highest BCUT2D eigenvalue weighted by atomic mass is 16.4. The van der Waals surface area contributed by atoms with Gasteiger partial charge < -0.3 is 15.3 Å². The van der Waals surface area contributed by atoms with Crippen molar-refractivity contribution in [1.29, 1.82) is 0 Å². The lowest BCUT2D eigenvalue weighted by Crippen LogP contribution is -2.34. The standard InChI is InChI=1S/C25H44O5/c1-17-4-8-19(9-5-17)12-21(23(27)28)14-25(3,16-26)15-22(24(29)30)13-20-10-6-18(2)7-11-20/h17-22,26H,4-16H2,1-3H3,(H,27,28)(H,29,30). The molecule has 0 heterocycles. The first-order valence-corrected chi connectivity index (χ1v) is 12.2. The number of aliphatic hydroxyl groups is 1. The van der Waals surface area contributed by atoms with Crippen LogP contribution in [0.4, 0.5) is 0 Å². The smallest absolute Gasteiger partial charge is 0.306 e. The van der Waals surface area contributed by atoms with Crippen molar-refractivity contribution in [3.05, 3.63) is 0 Å². The van der Waals surface area contributed by atoms with E-state index in [2.05, 4.69) is 13.8 Å². The molecule has 2 unspecified atom stereocenters. The highest BCUT2D eigenvalue weighted by molar-refractivity contribution is 5.71. The van der Waals surface area contributed by atoms with E-state index in [4.69, 9.17) is 0 Å². The summed E-state index contributed by atoms with van der Waals surface area (Å²) in [6, 6.07) is 0. The third-order valence-electron chi connectivity index (χ3n) is 8.07. The SMILES string of the molecule is CC1CCC(CC(CC(C)(CO)CC(CC2CCC(C)CC2)C(=O)O)C(=O)O)CC1. The summed E-state index contributed by atoms with van der Waals surface area (Å²) in [6.07, 6.45) is 11.0. The molecule has 0 aromatic carbocycles. The molecule has 5 nitrogen and oxygen atoms in total. The fourth-order valence-electron chi connectivity index (χ4n) is 5.88. The minimum atomic E-state index is -0.804. The lowest BCUT2D eigenvalue weighted by atomic mass is 9.69. The van der Waals surface area contributed by atoms with Gasteiger partial charge in [0.25, 0.3) is 0 Å². The van der Waals surface area contributed by atoms with Crippen molar-refractivity contribution in [2.45, 2.75) is 97.8 Å². The number of carboxylic acids is 2. The molecule has 3 N–H and O–H groups in total. The summed E-state index contributed by atoms with van der Waals surface area (Å²) >= 11 is 0. The summed E-state index contributed by atoms with van der Waals surface area (Å²) in [6.45, 7) is 6.23. The zero-order valence-electron chi connectivity index (χ0n) is 19.3. The number of aliphatic carboxylic acids is 2. The molecule has 2 aliphatic carbocycles. The van der Waals surface area contributed by atoms with Gasteiger partial charge in [0.2, 0.25) is 0 Å². The van der Waals surface area contributed by atoms with Crippen molar-refractivity contribution >= 4 is 11.9 Å². The molecule has 174 valence electrons. The van der Waals surface area contributed by atoms with E-state index in [1.807, 2.05) is 6.92 Å². The van der Waals surface area contributed by atoms with Crippen molar-refractivity contribution in [2.75, 3.05) is 6.61 Å². The Hall–Kier alpha value is -1.10. The first-order chi connectivity index (χ1) is 14.1. The molecule has 0 saturated heterocycles. The van der Waals surface area contributed by atoms with E-state index in [0.29, 0.717) is 37.5 Å². The van der Waals surface area contributed by atoms with Crippen molar-refractivity contribution < 1.29 is 24.9 Å². The quantitative estimate of drug-likeness (QED) is 0.401. The Morgan fingerprint density at radius 1 is 0.767 bits per heavy atom. The predicted octanol–water partition coefficient (Wildman–Crippen LogP) is 5.60. The molecule has 2 fully saturated rings. The maximum atomic E-state index is 12.0. The van der Waals surface area contributed by atoms with Crippen LogP contribution in [0.2, 0.25) is 0 Å². The topological polar surface area (TPSA) is 94.8 Å². The van der Waals surface area contributed by atoms with Crippen LogP contribution in [-0.2, 0) is 9.59 Å². The normalized spacial score (nSPS) is 31.5. The van der Waals surface area contributed by atoms with Gasteiger partial charge in [-0.05, 0) is 54.8 Å². The van der Waals surface area contributed by atoms with Gasteiger partial charge in [0.1, 0.15) is 0 Å². The largest absolute Gasteiger partial charge is 0.481 e. The minimum absolute atomic E-state index is 0.163. The average molecular weight is 425 g/mol. The Kier molecular flexibility index (Phi) is 9.65. The van der Waals surface area contributed by atoms with E-state index in [0.717, 1.165) is 63.2 Å². The van der Waals surface area contributed by atoms with Gasteiger partial charge in [-0.2, -0.15) is 0 Å². The molecule has 0 aromatic heterocycles. The Labute approximate surface area is 182 Å². The Morgan fingerprint density at radius 2 is 1.10 bits per heavy atom. The van der Waals surface area contributed by atoms with Crippen LogP contribution < -0.4 is 0 Å². The number of hydrogen-bond acceptors (Lipinski definition) is 3. The summed E-state index contributed by atoms with van der Waals surface area (Å²) in [4.78, 5) is 24.0. The van der Waals surface area contributed by atoms with Gasteiger partial charge in [0, 0.05) is 6.61 Å². The fourth-order valence-corrected chi connectivity index (χ4v) is 5.88. The molecule has 2 rings (SSSR count). The summed E-state index contributed by atoms with van der Waals surface area (Å²) in [5.74, 6) is -0.300. The van der Waals surface area contributed by atoms with E-state index in [1.54, 1.807) is 0 Å². The Balaban J connectivity index is 1.99. The van der Waals surface area contributed by atoms with Crippen molar-refractivity contribution in [1.82, 2.24) is 0 Å². The molecule has 0 bridgehead atoms. The molecule has 2 aliphatic rings. The fraction of sp³-hybridized carbons (Fsp3) is 0.920. The summed E-state index contributed by atoms with van der Waals surface area (Å²) in [5, 5.41) is 29.8. The molecular formula is C25H44O5. The van der Waals surface area contributed by atoms with Crippen molar-refractivity contribution in [3.63, 3.8) is 0 Å². The van der Waals surface area contributed by atoms with Crippen molar-refractivity contribution in [3.8, 4) is 0 Å². The first kappa shape index (κ1) is 25.2. The van der Waals surface area contributed by atoms with Crippen LogP contribution in [0.15, 0.2) is 0 Å². The second kappa shape index (κ2) is 11.5. The second-order valence-electron chi connectivity index (χ2n) is 11.2. The number of carbonyl (C=O) groups is 2. The van der Waals surface area contributed by atoms with Crippen LogP contribution in [0.3, 0.4) is 0 Å². The summed E-state index contributed by atoms with van der Waals surface area (Å²) in [7, 11) is 0. The zero-order chi connectivity index (χ0) is 22.3.